The number of aryl methyl sites for hydroxylation is 1. The van der Waals surface area contributed by atoms with Crippen molar-refractivity contribution in [1.82, 2.24) is 9.97 Å². The second-order valence-corrected chi connectivity index (χ2v) is 5.65. The first-order valence-corrected chi connectivity index (χ1v) is 7.22. The van der Waals surface area contributed by atoms with Gasteiger partial charge in [0.2, 0.25) is 0 Å². The molecule has 0 amide bonds. The van der Waals surface area contributed by atoms with Crippen molar-refractivity contribution in [3.8, 4) is 0 Å². The Bertz CT molecular complexity index is 579. The van der Waals surface area contributed by atoms with Crippen molar-refractivity contribution in [1.29, 1.82) is 0 Å². The third kappa shape index (κ3) is 2.84. The number of alkyl halides is 1. The summed E-state index contributed by atoms with van der Waals surface area (Å²) in [5.41, 5.74) is 2.70. The molecule has 1 aromatic heterocycles. The minimum Gasteiger partial charge on any atom is -0.240 e. The van der Waals surface area contributed by atoms with Crippen LogP contribution in [-0.2, 0) is 10.7 Å². The van der Waals surface area contributed by atoms with Gasteiger partial charge in [0, 0.05) is 16.9 Å². The van der Waals surface area contributed by atoms with Crippen molar-refractivity contribution < 1.29 is 4.39 Å². The Kier molecular flexibility index (Phi) is 3.99. The Balaban J connectivity index is 2.46. The highest BCUT2D eigenvalue weighted by Gasteiger charge is 2.26. The summed E-state index contributed by atoms with van der Waals surface area (Å²) in [4.78, 5) is 9.04. The maximum Gasteiger partial charge on any atom is 0.138 e. The molecular formula is C15H16BrFN2. The van der Waals surface area contributed by atoms with Crippen LogP contribution in [-0.4, -0.2) is 9.97 Å². The Labute approximate surface area is 121 Å². The summed E-state index contributed by atoms with van der Waals surface area (Å²) >= 11 is 3.44. The van der Waals surface area contributed by atoms with Crippen molar-refractivity contribution in [2.24, 2.45) is 0 Å². The maximum atomic E-state index is 13.0. The lowest BCUT2D eigenvalue weighted by atomic mass is 9.83. The van der Waals surface area contributed by atoms with E-state index < -0.39 is 0 Å². The molecule has 0 saturated carbocycles. The average molecular weight is 323 g/mol. The van der Waals surface area contributed by atoms with Crippen molar-refractivity contribution in [3.63, 3.8) is 0 Å². The molecule has 4 heteroatoms. The fraction of sp³-hybridized carbons (Fsp3) is 0.333. The fourth-order valence-electron chi connectivity index (χ4n) is 1.91. The molecule has 0 fully saturated rings. The van der Waals surface area contributed by atoms with Crippen LogP contribution in [0, 0.1) is 12.7 Å². The van der Waals surface area contributed by atoms with Crippen LogP contribution in [0.4, 0.5) is 4.39 Å². The standard InChI is InChI=1S/C15H16BrFN2/c1-10-9-18-14(19-13(10)8-16)15(2,3)11-4-6-12(17)7-5-11/h4-7,9H,8H2,1-3H3. The van der Waals surface area contributed by atoms with Crippen LogP contribution in [0.1, 0.15) is 36.5 Å². The van der Waals surface area contributed by atoms with E-state index in [1.54, 1.807) is 12.1 Å². The van der Waals surface area contributed by atoms with Crippen molar-refractivity contribution in [3.05, 3.63) is 58.9 Å². The zero-order chi connectivity index (χ0) is 14.0. The van der Waals surface area contributed by atoms with E-state index in [4.69, 9.17) is 0 Å². The molecule has 0 bridgehead atoms. The van der Waals surface area contributed by atoms with Gasteiger partial charge in [-0.05, 0) is 44.0 Å². The predicted octanol–water partition coefficient (Wildman–Crippen LogP) is 4.14. The van der Waals surface area contributed by atoms with Gasteiger partial charge >= 0.3 is 0 Å². The van der Waals surface area contributed by atoms with Crippen LogP contribution in [0.3, 0.4) is 0 Å². The summed E-state index contributed by atoms with van der Waals surface area (Å²) < 4.78 is 13.0. The van der Waals surface area contributed by atoms with Gasteiger partial charge in [0.1, 0.15) is 11.6 Å². The monoisotopic (exact) mass is 322 g/mol. The second kappa shape index (κ2) is 5.37. The van der Waals surface area contributed by atoms with E-state index >= 15 is 0 Å². The summed E-state index contributed by atoms with van der Waals surface area (Å²) in [6, 6.07) is 6.51. The maximum absolute atomic E-state index is 13.0. The van der Waals surface area contributed by atoms with Crippen LogP contribution >= 0.6 is 15.9 Å². The van der Waals surface area contributed by atoms with Crippen molar-refractivity contribution in [2.75, 3.05) is 0 Å². The van der Waals surface area contributed by atoms with Crippen LogP contribution < -0.4 is 0 Å². The molecule has 0 spiro atoms. The number of benzene rings is 1. The lowest BCUT2D eigenvalue weighted by Crippen LogP contribution is -2.23. The molecule has 0 aliphatic heterocycles. The van der Waals surface area contributed by atoms with E-state index in [-0.39, 0.29) is 11.2 Å². The Morgan fingerprint density at radius 1 is 1.21 bits per heavy atom. The van der Waals surface area contributed by atoms with E-state index in [1.807, 2.05) is 27.0 Å². The summed E-state index contributed by atoms with van der Waals surface area (Å²) in [6.07, 6.45) is 1.84. The van der Waals surface area contributed by atoms with E-state index in [0.29, 0.717) is 5.33 Å². The molecule has 0 aliphatic rings. The number of nitrogens with zero attached hydrogens (tertiary/aromatic N) is 2. The number of hydrogen-bond acceptors (Lipinski definition) is 2. The Morgan fingerprint density at radius 2 is 1.84 bits per heavy atom. The molecule has 2 nitrogen and oxygen atoms in total. The molecule has 0 radical (unpaired) electrons. The highest BCUT2D eigenvalue weighted by Crippen LogP contribution is 2.29. The van der Waals surface area contributed by atoms with E-state index in [9.17, 15) is 4.39 Å². The van der Waals surface area contributed by atoms with E-state index in [1.165, 1.54) is 12.1 Å². The molecule has 0 saturated heterocycles. The first-order valence-electron chi connectivity index (χ1n) is 6.10. The lowest BCUT2D eigenvalue weighted by molar-refractivity contribution is 0.579. The third-order valence-electron chi connectivity index (χ3n) is 3.33. The molecule has 1 aromatic carbocycles. The summed E-state index contributed by atoms with van der Waals surface area (Å²) in [6.45, 7) is 6.08. The van der Waals surface area contributed by atoms with Crippen LogP contribution in [0.2, 0.25) is 0 Å². The van der Waals surface area contributed by atoms with E-state index in [2.05, 4.69) is 25.9 Å². The van der Waals surface area contributed by atoms with Crippen molar-refractivity contribution in [2.45, 2.75) is 31.5 Å². The average Bonchev–Trinajstić information content (AvgIpc) is 2.39. The van der Waals surface area contributed by atoms with Gasteiger partial charge in [-0.3, -0.25) is 0 Å². The molecule has 1 heterocycles. The number of rotatable bonds is 3. The Morgan fingerprint density at radius 3 is 2.42 bits per heavy atom. The topological polar surface area (TPSA) is 25.8 Å². The minimum absolute atomic E-state index is 0.231. The highest BCUT2D eigenvalue weighted by atomic mass is 79.9. The molecule has 0 atom stereocenters. The second-order valence-electron chi connectivity index (χ2n) is 5.09. The predicted molar refractivity (Wildman–Crippen MR) is 77.9 cm³/mol. The van der Waals surface area contributed by atoms with E-state index in [0.717, 1.165) is 22.6 Å². The molecular weight excluding hydrogens is 307 g/mol. The van der Waals surface area contributed by atoms with Crippen LogP contribution in [0.15, 0.2) is 30.5 Å². The molecule has 2 rings (SSSR count). The molecule has 2 aromatic rings. The molecule has 0 unspecified atom stereocenters. The van der Waals surface area contributed by atoms with Gasteiger partial charge in [-0.15, -0.1) is 0 Å². The van der Waals surface area contributed by atoms with Crippen LogP contribution in [0.25, 0.3) is 0 Å². The fourth-order valence-corrected chi connectivity index (χ4v) is 2.48. The Hall–Kier alpha value is -1.29. The zero-order valence-corrected chi connectivity index (χ0v) is 12.8. The molecule has 19 heavy (non-hydrogen) atoms. The van der Waals surface area contributed by atoms with Gasteiger partial charge < -0.3 is 0 Å². The quantitative estimate of drug-likeness (QED) is 0.793. The van der Waals surface area contributed by atoms with Gasteiger partial charge in [0.05, 0.1) is 5.69 Å². The number of aromatic nitrogens is 2. The number of halogens is 2. The van der Waals surface area contributed by atoms with Gasteiger partial charge in [-0.25, -0.2) is 14.4 Å². The molecule has 0 N–H and O–H groups in total. The smallest absolute Gasteiger partial charge is 0.138 e. The molecule has 0 aliphatic carbocycles. The summed E-state index contributed by atoms with van der Waals surface area (Å²) in [7, 11) is 0. The lowest BCUT2D eigenvalue weighted by Gasteiger charge is -2.24. The van der Waals surface area contributed by atoms with Gasteiger partial charge in [0.25, 0.3) is 0 Å². The largest absolute Gasteiger partial charge is 0.240 e. The number of hydrogen-bond donors (Lipinski definition) is 0. The van der Waals surface area contributed by atoms with Gasteiger partial charge in [-0.2, -0.15) is 0 Å². The highest BCUT2D eigenvalue weighted by molar-refractivity contribution is 9.08. The molecule has 100 valence electrons. The third-order valence-corrected chi connectivity index (χ3v) is 3.86. The van der Waals surface area contributed by atoms with Gasteiger partial charge in [0.15, 0.2) is 0 Å². The summed E-state index contributed by atoms with van der Waals surface area (Å²) in [5, 5.41) is 0.702. The zero-order valence-electron chi connectivity index (χ0n) is 11.2. The summed E-state index contributed by atoms with van der Waals surface area (Å²) in [5.74, 6) is 0.518. The normalized spacial score (nSPS) is 11.6. The SMILES string of the molecule is Cc1cnc(C(C)(C)c2ccc(F)cc2)nc1CBr. The first-order chi connectivity index (χ1) is 8.95. The van der Waals surface area contributed by atoms with Crippen LogP contribution in [0.5, 0.6) is 0 Å². The van der Waals surface area contributed by atoms with Gasteiger partial charge in [-0.1, -0.05) is 28.1 Å². The van der Waals surface area contributed by atoms with Crippen molar-refractivity contribution >= 4 is 15.9 Å². The minimum atomic E-state index is -0.349. The first kappa shape index (κ1) is 14.1.